The van der Waals surface area contributed by atoms with Crippen molar-refractivity contribution in [1.29, 1.82) is 5.26 Å². The molecule has 1 heterocycles. The number of benzene rings is 2. The van der Waals surface area contributed by atoms with Crippen LogP contribution < -0.4 is 5.73 Å². The predicted octanol–water partition coefficient (Wildman–Crippen LogP) is 3.11. The average molecular weight is 276 g/mol. The van der Waals surface area contributed by atoms with E-state index in [1.165, 1.54) is 0 Å². The summed E-state index contributed by atoms with van der Waals surface area (Å²) >= 11 is 0. The molecule has 0 unspecified atom stereocenters. The Hall–Kier alpha value is -2.64. The lowest BCUT2D eigenvalue weighted by Crippen LogP contribution is -2.11. The number of rotatable bonds is 3. The number of nitrogens with two attached hydrogens (primary N) is 1. The van der Waals surface area contributed by atoms with Gasteiger partial charge in [-0.1, -0.05) is 30.3 Å². The molecule has 21 heavy (non-hydrogen) atoms. The second kappa shape index (κ2) is 5.39. The second-order valence-corrected chi connectivity index (χ2v) is 5.03. The molecule has 1 aromatic heterocycles. The zero-order valence-corrected chi connectivity index (χ0v) is 11.8. The maximum atomic E-state index is 9.07. The van der Waals surface area contributed by atoms with Crippen LogP contribution in [0.15, 0.2) is 48.5 Å². The monoisotopic (exact) mass is 276 g/mol. The van der Waals surface area contributed by atoms with Crippen molar-refractivity contribution in [3.63, 3.8) is 0 Å². The molecule has 0 aliphatic heterocycles. The first-order valence-electron chi connectivity index (χ1n) is 6.90. The van der Waals surface area contributed by atoms with Gasteiger partial charge in [-0.15, -0.1) is 0 Å². The first-order valence-corrected chi connectivity index (χ1v) is 6.90. The number of hydrogen-bond acceptors (Lipinski definition) is 3. The van der Waals surface area contributed by atoms with Crippen molar-refractivity contribution in [1.82, 2.24) is 9.55 Å². The normalized spacial score (nSPS) is 12.2. The smallest absolute Gasteiger partial charge is 0.128 e. The fourth-order valence-corrected chi connectivity index (χ4v) is 2.61. The van der Waals surface area contributed by atoms with E-state index in [4.69, 9.17) is 11.0 Å². The lowest BCUT2D eigenvalue weighted by Gasteiger charge is -2.15. The average Bonchev–Trinajstić information content (AvgIpc) is 2.85. The van der Waals surface area contributed by atoms with E-state index in [-0.39, 0.29) is 12.5 Å². The Morgan fingerprint density at radius 1 is 1.19 bits per heavy atom. The molecule has 2 N–H and O–H groups in total. The van der Waals surface area contributed by atoms with Crippen molar-refractivity contribution in [2.24, 2.45) is 5.73 Å². The van der Waals surface area contributed by atoms with E-state index in [0.29, 0.717) is 0 Å². The molecular formula is C17H16N4. The van der Waals surface area contributed by atoms with E-state index in [1.54, 1.807) is 0 Å². The van der Waals surface area contributed by atoms with Gasteiger partial charge in [-0.3, -0.25) is 4.57 Å². The van der Waals surface area contributed by atoms with Crippen LogP contribution in [0.25, 0.3) is 16.7 Å². The first kappa shape index (κ1) is 13.3. The molecule has 0 radical (unpaired) electrons. The number of imidazole rings is 1. The summed E-state index contributed by atoms with van der Waals surface area (Å²) in [5.41, 5.74) is 10.0. The minimum atomic E-state index is -0.0858. The minimum Gasteiger partial charge on any atom is -0.324 e. The van der Waals surface area contributed by atoms with E-state index in [0.717, 1.165) is 28.1 Å². The minimum absolute atomic E-state index is 0.0858. The number of hydrogen-bond donors (Lipinski definition) is 1. The molecule has 0 fully saturated rings. The van der Waals surface area contributed by atoms with Crippen LogP contribution in [-0.2, 0) is 6.42 Å². The van der Waals surface area contributed by atoms with Crippen LogP contribution in [-0.4, -0.2) is 9.55 Å². The zero-order valence-electron chi connectivity index (χ0n) is 11.8. The van der Waals surface area contributed by atoms with Gasteiger partial charge in [0.15, 0.2) is 0 Å². The molecular weight excluding hydrogens is 260 g/mol. The largest absolute Gasteiger partial charge is 0.324 e. The standard InChI is InChI=1S/C17H16N4/c1-12(19)13-6-2-4-8-15(13)21-16-9-5-3-7-14(16)20-17(21)10-11-18/h2-9,12H,10,19H2,1H3/t12-/m0/s1. The van der Waals surface area contributed by atoms with E-state index in [2.05, 4.69) is 11.1 Å². The number of aromatic nitrogens is 2. The highest BCUT2D eigenvalue weighted by molar-refractivity contribution is 5.78. The van der Waals surface area contributed by atoms with Crippen molar-refractivity contribution >= 4 is 11.0 Å². The number of nitrogens with zero attached hydrogens (tertiary/aromatic N) is 3. The molecule has 3 rings (SSSR count). The first-order chi connectivity index (χ1) is 10.2. The van der Waals surface area contributed by atoms with Gasteiger partial charge in [-0.05, 0) is 30.7 Å². The molecule has 104 valence electrons. The molecule has 0 amide bonds. The summed E-state index contributed by atoms with van der Waals surface area (Å²) < 4.78 is 2.04. The number of para-hydroxylation sites is 3. The summed E-state index contributed by atoms with van der Waals surface area (Å²) in [6.45, 7) is 1.96. The third-order valence-electron chi connectivity index (χ3n) is 3.54. The zero-order chi connectivity index (χ0) is 14.8. The third-order valence-corrected chi connectivity index (χ3v) is 3.54. The topological polar surface area (TPSA) is 67.6 Å². The van der Waals surface area contributed by atoms with Gasteiger partial charge in [0.25, 0.3) is 0 Å². The second-order valence-electron chi connectivity index (χ2n) is 5.03. The van der Waals surface area contributed by atoms with Crippen molar-refractivity contribution < 1.29 is 0 Å². The van der Waals surface area contributed by atoms with Crippen LogP contribution in [0.1, 0.15) is 24.4 Å². The summed E-state index contributed by atoms with van der Waals surface area (Å²) in [6, 6.07) is 18.0. The SMILES string of the molecule is C[C@H](N)c1ccccc1-n1c(CC#N)nc2ccccc21. The Labute approximate surface area is 123 Å². The predicted molar refractivity (Wildman–Crippen MR) is 83.0 cm³/mol. The van der Waals surface area contributed by atoms with Gasteiger partial charge in [0, 0.05) is 6.04 Å². The van der Waals surface area contributed by atoms with Crippen LogP contribution in [0.3, 0.4) is 0 Å². The summed E-state index contributed by atoms with van der Waals surface area (Å²) in [5.74, 6) is 0.742. The van der Waals surface area contributed by atoms with Gasteiger partial charge in [0.1, 0.15) is 5.82 Å². The van der Waals surface area contributed by atoms with E-state index in [1.807, 2.05) is 60.0 Å². The molecule has 0 spiro atoms. The summed E-state index contributed by atoms with van der Waals surface area (Å²) in [5, 5.41) is 9.07. The van der Waals surface area contributed by atoms with Gasteiger partial charge in [-0.2, -0.15) is 5.26 Å². The molecule has 0 aliphatic carbocycles. The Morgan fingerprint density at radius 2 is 1.90 bits per heavy atom. The van der Waals surface area contributed by atoms with Crippen molar-refractivity contribution in [2.75, 3.05) is 0 Å². The summed E-state index contributed by atoms with van der Waals surface area (Å²) in [6.07, 6.45) is 0.266. The molecule has 0 saturated carbocycles. The van der Waals surface area contributed by atoms with E-state index < -0.39 is 0 Å². The van der Waals surface area contributed by atoms with Gasteiger partial charge in [0.05, 0.1) is 29.2 Å². The highest BCUT2D eigenvalue weighted by Gasteiger charge is 2.15. The van der Waals surface area contributed by atoms with Crippen LogP contribution in [0.5, 0.6) is 0 Å². The third kappa shape index (κ3) is 2.28. The molecule has 1 atom stereocenters. The maximum Gasteiger partial charge on any atom is 0.128 e. The summed E-state index contributed by atoms with van der Waals surface area (Å²) in [7, 11) is 0. The van der Waals surface area contributed by atoms with Gasteiger partial charge < -0.3 is 5.73 Å². The highest BCUT2D eigenvalue weighted by atomic mass is 15.1. The van der Waals surface area contributed by atoms with Crippen LogP contribution >= 0.6 is 0 Å². The van der Waals surface area contributed by atoms with Gasteiger partial charge in [0.2, 0.25) is 0 Å². The van der Waals surface area contributed by atoms with Gasteiger partial charge in [-0.25, -0.2) is 4.98 Å². The quantitative estimate of drug-likeness (QED) is 0.799. The Balaban J connectivity index is 2.34. The number of nitriles is 1. The number of fused-ring (bicyclic) bond motifs is 1. The Morgan fingerprint density at radius 3 is 2.67 bits per heavy atom. The fourth-order valence-electron chi connectivity index (χ4n) is 2.61. The Bertz CT molecular complexity index is 824. The van der Waals surface area contributed by atoms with Crippen molar-refractivity contribution in [3.8, 4) is 11.8 Å². The lowest BCUT2D eigenvalue weighted by atomic mass is 10.1. The van der Waals surface area contributed by atoms with Crippen molar-refractivity contribution in [3.05, 3.63) is 59.9 Å². The molecule has 3 aromatic rings. The van der Waals surface area contributed by atoms with Crippen LogP contribution in [0.4, 0.5) is 0 Å². The Kier molecular flexibility index (Phi) is 3.43. The van der Waals surface area contributed by atoms with Crippen LogP contribution in [0, 0.1) is 11.3 Å². The molecule has 0 bridgehead atoms. The van der Waals surface area contributed by atoms with Crippen molar-refractivity contribution in [2.45, 2.75) is 19.4 Å². The summed E-state index contributed by atoms with van der Waals surface area (Å²) in [4.78, 5) is 4.58. The molecule has 4 heteroatoms. The highest BCUT2D eigenvalue weighted by Crippen LogP contribution is 2.26. The van der Waals surface area contributed by atoms with E-state index in [9.17, 15) is 0 Å². The van der Waals surface area contributed by atoms with Gasteiger partial charge >= 0.3 is 0 Å². The fraction of sp³-hybridized carbons (Fsp3) is 0.176. The molecule has 4 nitrogen and oxygen atoms in total. The molecule has 2 aromatic carbocycles. The lowest BCUT2D eigenvalue weighted by molar-refractivity contribution is 0.800. The van der Waals surface area contributed by atoms with E-state index >= 15 is 0 Å². The maximum absolute atomic E-state index is 9.07. The molecule has 0 saturated heterocycles. The molecule has 0 aliphatic rings. The van der Waals surface area contributed by atoms with Crippen LogP contribution in [0.2, 0.25) is 0 Å².